The van der Waals surface area contributed by atoms with Gasteiger partial charge in [-0.25, -0.2) is 22.7 Å². The van der Waals surface area contributed by atoms with Gasteiger partial charge in [-0.2, -0.15) is 4.98 Å². The Kier molecular flexibility index (Phi) is 5.64. The number of aryl methyl sites for hydroxylation is 2. The van der Waals surface area contributed by atoms with Crippen LogP contribution in [-0.4, -0.2) is 31.2 Å². The van der Waals surface area contributed by atoms with E-state index in [4.69, 9.17) is 0 Å². The molecule has 1 aromatic carbocycles. The zero-order chi connectivity index (χ0) is 19.6. The molecule has 0 fully saturated rings. The highest BCUT2D eigenvalue weighted by atomic mass is 32.2. The second-order valence-electron chi connectivity index (χ2n) is 5.87. The van der Waals surface area contributed by atoms with Crippen LogP contribution in [0.5, 0.6) is 0 Å². The van der Waals surface area contributed by atoms with Crippen molar-refractivity contribution in [2.24, 2.45) is 0 Å². The monoisotopic (exact) mass is 395 g/mol. The molecule has 3 aromatic rings. The van der Waals surface area contributed by atoms with Crippen molar-refractivity contribution in [2.75, 3.05) is 5.75 Å². The van der Waals surface area contributed by atoms with Gasteiger partial charge in [-0.15, -0.1) is 5.10 Å². The maximum Gasteiger partial charge on any atom is 0.253 e. The fourth-order valence-corrected chi connectivity index (χ4v) is 3.22. The Labute approximate surface area is 157 Å². The Morgan fingerprint density at radius 3 is 2.56 bits per heavy atom. The summed E-state index contributed by atoms with van der Waals surface area (Å²) in [5, 5.41) is 7.22. The minimum absolute atomic E-state index is 0.107. The van der Waals surface area contributed by atoms with E-state index in [9.17, 15) is 18.0 Å². The topological polar surface area (TPSA) is 72.2 Å². The van der Waals surface area contributed by atoms with Gasteiger partial charge in [0.25, 0.3) is 5.78 Å². The molecule has 1 amide bonds. The molecule has 1 N–H and O–H groups in total. The van der Waals surface area contributed by atoms with Crippen molar-refractivity contribution in [3.8, 4) is 0 Å². The smallest absolute Gasteiger partial charge is 0.253 e. The summed E-state index contributed by atoms with van der Waals surface area (Å²) in [6.07, 6.45) is 0.107. The van der Waals surface area contributed by atoms with Crippen molar-refractivity contribution >= 4 is 23.4 Å². The minimum atomic E-state index is -1.03. The second-order valence-corrected chi connectivity index (χ2v) is 6.93. The van der Waals surface area contributed by atoms with Crippen LogP contribution < -0.4 is 5.32 Å². The largest absolute Gasteiger partial charge is 0.352 e. The van der Waals surface area contributed by atoms with Crippen LogP contribution in [-0.2, 0) is 11.3 Å². The maximum atomic E-state index is 13.5. The number of aromatic nitrogens is 4. The van der Waals surface area contributed by atoms with Gasteiger partial charge in [-0.05, 0) is 19.9 Å². The molecule has 10 heteroatoms. The normalized spacial score (nSPS) is 11.1. The van der Waals surface area contributed by atoms with Crippen LogP contribution in [0.25, 0.3) is 5.78 Å². The Balaban J connectivity index is 1.52. The number of fused-ring (bicyclic) bond motifs is 1. The molecule has 0 atom stereocenters. The summed E-state index contributed by atoms with van der Waals surface area (Å²) >= 11 is 1.28. The standard InChI is InChI=1S/C17H16F3N5OS/c1-9-5-10(2)25-16(22-9)23-17(24-25)27-4-3-15(26)21-8-12-13(19)6-11(18)7-14(12)20/h5-7H,3-4,8H2,1-2H3,(H,21,26). The lowest BCUT2D eigenvalue weighted by molar-refractivity contribution is -0.120. The highest BCUT2D eigenvalue weighted by Crippen LogP contribution is 2.17. The highest BCUT2D eigenvalue weighted by molar-refractivity contribution is 7.99. The fourth-order valence-electron chi connectivity index (χ4n) is 2.46. The molecule has 2 heterocycles. The fraction of sp³-hybridized carbons (Fsp3) is 0.294. The number of rotatable bonds is 6. The van der Waals surface area contributed by atoms with Gasteiger partial charge in [0.2, 0.25) is 11.1 Å². The molecule has 0 radical (unpaired) electrons. The van der Waals surface area contributed by atoms with E-state index in [0.29, 0.717) is 28.8 Å². The number of benzene rings is 1. The summed E-state index contributed by atoms with van der Waals surface area (Å²) in [6, 6.07) is 3.04. The van der Waals surface area contributed by atoms with Crippen LogP contribution in [0.2, 0.25) is 0 Å². The molecule has 2 aromatic heterocycles. The highest BCUT2D eigenvalue weighted by Gasteiger charge is 2.13. The lowest BCUT2D eigenvalue weighted by Gasteiger charge is -2.07. The third kappa shape index (κ3) is 4.57. The lowest BCUT2D eigenvalue weighted by atomic mass is 10.2. The van der Waals surface area contributed by atoms with Crippen LogP contribution in [0.4, 0.5) is 13.2 Å². The number of hydrogen-bond acceptors (Lipinski definition) is 5. The van der Waals surface area contributed by atoms with Gasteiger partial charge in [0, 0.05) is 47.8 Å². The molecule has 27 heavy (non-hydrogen) atoms. The number of hydrogen-bond donors (Lipinski definition) is 1. The van der Waals surface area contributed by atoms with E-state index < -0.39 is 17.5 Å². The molecule has 142 valence electrons. The van der Waals surface area contributed by atoms with Gasteiger partial charge < -0.3 is 5.32 Å². The molecule has 3 rings (SSSR count). The van der Waals surface area contributed by atoms with E-state index in [0.717, 1.165) is 11.4 Å². The van der Waals surface area contributed by atoms with Crippen molar-refractivity contribution in [3.05, 3.63) is 52.6 Å². The molecule has 0 bridgehead atoms. The van der Waals surface area contributed by atoms with Crippen LogP contribution in [0, 0.1) is 31.3 Å². The predicted octanol–water partition coefficient (Wildman–Crippen LogP) is 2.96. The summed E-state index contributed by atoms with van der Waals surface area (Å²) in [5.41, 5.74) is 1.36. The quantitative estimate of drug-likeness (QED) is 0.650. The Morgan fingerprint density at radius 2 is 1.85 bits per heavy atom. The van der Waals surface area contributed by atoms with Crippen LogP contribution in [0.1, 0.15) is 23.4 Å². The number of halogens is 3. The Hall–Kier alpha value is -2.62. The molecular weight excluding hydrogens is 379 g/mol. The number of nitrogens with one attached hydrogen (secondary N) is 1. The first kappa shape index (κ1) is 19.2. The molecular formula is C17H16F3N5OS. The van der Waals surface area contributed by atoms with Gasteiger partial charge in [0.15, 0.2) is 0 Å². The van der Waals surface area contributed by atoms with E-state index >= 15 is 0 Å². The van der Waals surface area contributed by atoms with Gasteiger partial charge in [0.05, 0.1) is 0 Å². The Morgan fingerprint density at radius 1 is 1.15 bits per heavy atom. The maximum absolute atomic E-state index is 13.5. The number of nitrogens with zero attached hydrogens (tertiary/aromatic N) is 4. The zero-order valence-corrected chi connectivity index (χ0v) is 15.4. The van der Waals surface area contributed by atoms with Crippen molar-refractivity contribution < 1.29 is 18.0 Å². The molecule has 0 saturated carbocycles. The van der Waals surface area contributed by atoms with Crippen molar-refractivity contribution in [2.45, 2.75) is 32.0 Å². The first-order valence-electron chi connectivity index (χ1n) is 8.07. The zero-order valence-electron chi connectivity index (χ0n) is 14.6. The number of carbonyl (C=O) groups is 1. The summed E-state index contributed by atoms with van der Waals surface area (Å²) < 4.78 is 41.6. The minimum Gasteiger partial charge on any atom is -0.352 e. The third-order valence-electron chi connectivity index (χ3n) is 3.73. The van der Waals surface area contributed by atoms with E-state index in [1.807, 2.05) is 19.9 Å². The van der Waals surface area contributed by atoms with E-state index in [-0.39, 0.29) is 24.4 Å². The summed E-state index contributed by atoms with van der Waals surface area (Å²) in [6.45, 7) is 3.41. The molecule has 0 spiro atoms. The van der Waals surface area contributed by atoms with E-state index in [1.54, 1.807) is 4.52 Å². The lowest BCUT2D eigenvalue weighted by Crippen LogP contribution is -2.24. The van der Waals surface area contributed by atoms with Crippen molar-refractivity contribution in [1.29, 1.82) is 0 Å². The molecule has 0 unspecified atom stereocenters. The SMILES string of the molecule is Cc1cc(C)n2nc(SCCC(=O)NCc3c(F)cc(F)cc3F)nc2n1. The van der Waals surface area contributed by atoms with Gasteiger partial charge in [0.1, 0.15) is 17.5 Å². The van der Waals surface area contributed by atoms with E-state index in [1.165, 1.54) is 11.8 Å². The number of thioether (sulfide) groups is 1. The van der Waals surface area contributed by atoms with Gasteiger partial charge >= 0.3 is 0 Å². The molecule has 0 aliphatic carbocycles. The first-order chi connectivity index (χ1) is 12.8. The van der Waals surface area contributed by atoms with Crippen LogP contribution in [0.3, 0.4) is 0 Å². The third-order valence-corrected chi connectivity index (χ3v) is 4.57. The first-order valence-corrected chi connectivity index (χ1v) is 9.06. The average Bonchev–Trinajstić information content (AvgIpc) is 2.97. The molecule has 0 aliphatic rings. The Bertz CT molecular complexity index is 985. The average molecular weight is 395 g/mol. The number of amides is 1. The number of carbonyl (C=O) groups excluding carboxylic acids is 1. The van der Waals surface area contributed by atoms with Crippen LogP contribution in [0.15, 0.2) is 23.4 Å². The summed E-state index contributed by atoms with van der Waals surface area (Å²) in [4.78, 5) is 20.4. The van der Waals surface area contributed by atoms with E-state index in [2.05, 4.69) is 20.4 Å². The van der Waals surface area contributed by atoms with Crippen molar-refractivity contribution in [3.63, 3.8) is 0 Å². The predicted molar refractivity (Wildman–Crippen MR) is 93.8 cm³/mol. The molecule has 0 aliphatic heterocycles. The summed E-state index contributed by atoms with van der Waals surface area (Å²) in [7, 11) is 0. The van der Waals surface area contributed by atoms with Crippen molar-refractivity contribution in [1.82, 2.24) is 24.9 Å². The summed E-state index contributed by atoms with van der Waals surface area (Å²) in [5.74, 6) is -2.59. The van der Waals surface area contributed by atoms with Crippen LogP contribution >= 0.6 is 11.8 Å². The molecule has 0 saturated heterocycles. The van der Waals surface area contributed by atoms with Gasteiger partial charge in [-0.1, -0.05) is 11.8 Å². The van der Waals surface area contributed by atoms with Gasteiger partial charge in [-0.3, -0.25) is 4.79 Å². The molecule has 6 nitrogen and oxygen atoms in total. The second kappa shape index (κ2) is 7.95.